The largest absolute Gasteiger partial charge is 0.370 e. The SMILES string of the molecule is NCCOCC(=O)NCCc1ccccn1. The van der Waals surface area contributed by atoms with Gasteiger partial charge in [0, 0.05) is 31.4 Å². The number of ether oxygens (including phenoxy) is 1. The first-order chi connectivity index (χ1) is 7.83. The Balaban J connectivity index is 2.09. The number of nitrogens with zero attached hydrogens (tertiary/aromatic N) is 1. The summed E-state index contributed by atoms with van der Waals surface area (Å²) in [7, 11) is 0. The number of aromatic nitrogens is 1. The molecule has 0 bridgehead atoms. The van der Waals surface area contributed by atoms with E-state index in [4.69, 9.17) is 10.5 Å². The van der Waals surface area contributed by atoms with Gasteiger partial charge in [0.1, 0.15) is 6.61 Å². The molecule has 88 valence electrons. The summed E-state index contributed by atoms with van der Waals surface area (Å²) in [5.41, 5.74) is 6.19. The molecule has 3 N–H and O–H groups in total. The first-order valence-corrected chi connectivity index (χ1v) is 5.27. The second-order valence-electron chi connectivity index (χ2n) is 3.26. The van der Waals surface area contributed by atoms with E-state index >= 15 is 0 Å². The lowest BCUT2D eigenvalue weighted by molar-refractivity contribution is -0.125. The monoisotopic (exact) mass is 223 g/mol. The maximum atomic E-state index is 11.2. The molecule has 0 unspecified atom stereocenters. The molecule has 1 aromatic heterocycles. The molecule has 0 saturated heterocycles. The Morgan fingerprint density at radius 1 is 1.50 bits per heavy atom. The van der Waals surface area contributed by atoms with Gasteiger partial charge in [-0.2, -0.15) is 0 Å². The number of nitrogens with two attached hydrogens (primary N) is 1. The van der Waals surface area contributed by atoms with Crippen molar-refractivity contribution >= 4 is 5.91 Å². The average Bonchev–Trinajstić information content (AvgIpc) is 2.31. The standard InChI is InChI=1S/C11H17N3O2/c12-5-8-16-9-11(15)14-7-4-10-3-1-2-6-13-10/h1-3,6H,4-5,7-9,12H2,(H,14,15). The summed E-state index contributed by atoms with van der Waals surface area (Å²) in [5.74, 6) is -0.121. The van der Waals surface area contributed by atoms with E-state index in [-0.39, 0.29) is 12.5 Å². The van der Waals surface area contributed by atoms with Crippen molar-refractivity contribution in [3.63, 3.8) is 0 Å². The van der Waals surface area contributed by atoms with Gasteiger partial charge in [-0.05, 0) is 12.1 Å². The molecule has 0 aliphatic rings. The zero-order valence-electron chi connectivity index (χ0n) is 9.19. The number of carbonyl (C=O) groups excluding carboxylic acids is 1. The molecule has 1 rings (SSSR count). The molecule has 5 heteroatoms. The molecular formula is C11H17N3O2. The summed E-state index contributed by atoms with van der Waals surface area (Å²) in [6.45, 7) is 1.48. The van der Waals surface area contributed by atoms with Crippen molar-refractivity contribution in [3.05, 3.63) is 30.1 Å². The van der Waals surface area contributed by atoms with Crippen LogP contribution in [0.15, 0.2) is 24.4 Å². The van der Waals surface area contributed by atoms with E-state index in [1.807, 2.05) is 18.2 Å². The second kappa shape index (κ2) is 7.78. The zero-order valence-corrected chi connectivity index (χ0v) is 9.19. The van der Waals surface area contributed by atoms with Crippen LogP contribution in [0.5, 0.6) is 0 Å². The number of carbonyl (C=O) groups is 1. The fraction of sp³-hybridized carbons (Fsp3) is 0.455. The van der Waals surface area contributed by atoms with Crippen LogP contribution in [0.2, 0.25) is 0 Å². The van der Waals surface area contributed by atoms with E-state index in [1.54, 1.807) is 6.20 Å². The smallest absolute Gasteiger partial charge is 0.246 e. The van der Waals surface area contributed by atoms with Crippen molar-refractivity contribution in [3.8, 4) is 0 Å². The van der Waals surface area contributed by atoms with Gasteiger partial charge >= 0.3 is 0 Å². The van der Waals surface area contributed by atoms with E-state index < -0.39 is 0 Å². The minimum atomic E-state index is -0.121. The summed E-state index contributed by atoms with van der Waals surface area (Å²) in [5, 5.41) is 2.75. The second-order valence-corrected chi connectivity index (χ2v) is 3.26. The van der Waals surface area contributed by atoms with E-state index in [2.05, 4.69) is 10.3 Å². The highest BCUT2D eigenvalue weighted by Crippen LogP contribution is 1.92. The molecule has 0 radical (unpaired) electrons. The molecule has 0 aromatic carbocycles. The van der Waals surface area contributed by atoms with Gasteiger partial charge < -0.3 is 15.8 Å². The fourth-order valence-corrected chi connectivity index (χ4v) is 1.18. The van der Waals surface area contributed by atoms with Crippen LogP contribution in [0.25, 0.3) is 0 Å². The van der Waals surface area contributed by atoms with E-state index in [0.717, 1.165) is 12.1 Å². The highest BCUT2D eigenvalue weighted by atomic mass is 16.5. The summed E-state index contributed by atoms with van der Waals surface area (Å²) < 4.78 is 4.99. The van der Waals surface area contributed by atoms with Gasteiger partial charge in [-0.15, -0.1) is 0 Å². The highest BCUT2D eigenvalue weighted by Gasteiger charge is 2.00. The molecule has 0 fully saturated rings. The van der Waals surface area contributed by atoms with Crippen molar-refractivity contribution in [2.45, 2.75) is 6.42 Å². The van der Waals surface area contributed by atoms with E-state index in [0.29, 0.717) is 19.7 Å². The average molecular weight is 223 g/mol. The zero-order chi connectivity index (χ0) is 11.6. The lowest BCUT2D eigenvalue weighted by Crippen LogP contribution is -2.30. The van der Waals surface area contributed by atoms with Crippen molar-refractivity contribution < 1.29 is 9.53 Å². The third kappa shape index (κ3) is 5.43. The fourth-order valence-electron chi connectivity index (χ4n) is 1.18. The lowest BCUT2D eigenvalue weighted by Gasteiger charge is -2.05. The van der Waals surface area contributed by atoms with Crippen LogP contribution in [-0.4, -0.2) is 37.2 Å². The molecule has 1 aromatic rings. The van der Waals surface area contributed by atoms with Gasteiger partial charge in [0.15, 0.2) is 0 Å². The highest BCUT2D eigenvalue weighted by molar-refractivity contribution is 5.77. The number of rotatable bonds is 7. The maximum absolute atomic E-state index is 11.2. The van der Waals surface area contributed by atoms with Crippen LogP contribution in [-0.2, 0) is 16.0 Å². The lowest BCUT2D eigenvalue weighted by atomic mass is 10.3. The minimum Gasteiger partial charge on any atom is -0.370 e. The Kier molecular flexibility index (Phi) is 6.13. The maximum Gasteiger partial charge on any atom is 0.246 e. The van der Waals surface area contributed by atoms with Crippen LogP contribution in [0.1, 0.15) is 5.69 Å². The van der Waals surface area contributed by atoms with E-state index in [1.165, 1.54) is 0 Å². The molecular weight excluding hydrogens is 206 g/mol. The van der Waals surface area contributed by atoms with Crippen LogP contribution in [0.3, 0.4) is 0 Å². The molecule has 0 atom stereocenters. The molecule has 5 nitrogen and oxygen atoms in total. The van der Waals surface area contributed by atoms with Crippen LogP contribution in [0.4, 0.5) is 0 Å². The minimum absolute atomic E-state index is 0.0689. The first kappa shape index (κ1) is 12.6. The molecule has 1 amide bonds. The Hall–Kier alpha value is -1.46. The third-order valence-corrected chi connectivity index (χ3v) is 1.92. The van der Waals surface area contributed by atoms with Crippen molar-refractivity contribution in [2.75, 3.05) is 26.3 Å². The van der Waals surface area contributed by atoms with Gasteiger partial charge in [-0.3, -0.25) is 9.78 Å². The molecule has 0 saturated carbocycles. The predicted molar refractivity (Wildman–Crippen MR) is 60.8 cm³/mol. The van der Waals surface area contributed by atoms with Gasteiger partial charge in [-0.1, -0.05) is 6.07 Å². The number of hydrogen-bond donors (Lipinski definition) is 2. The third-order valence-electron chi connectivity index (χ3n) is 1.92. The number of amides is 1. The summed E-state index contributed by atoms with van der Waals surface area (Å²) >= 11 is 0. The van der Waals surface area contributed by atoms with E-state index in [9.17, 15) is 4.79 Å². The number of hydrogen-bond acceptors (Lipinski definition) is 4. The topological polar surface area (TPSA) is 77.2 Å². The van der Waals surface area contributed by atoms with Crippen LogP contribution in [0, 0.1) is 0 Å². The summed E-state index contributed by atoms with van der Waals surface area (Å²) in [6.07, 6.45) is 2.46. The first-order valence-electron chi connectivity index (χ1n) is 5.27. The Morgan fingerprint density at radius 2 is 2.38 bits per heavy atom. The molecule has 16 heavy (non-hydrogen) atoms. The Bertz CT molecular complexity index is 303. The normalized spacial score (nSPS) is 10.1. The van der Waals surface area contributed by atoms with Crippen molar-refractivity contribution in [2.24, 2.45) is 5.73 Å². The molecule has 0 aliphatic carbocycles. The van der Waals surface area contributed by atoms with Crippen molar-refractivity contribution in [1.29, 1.82) is 0 Å². The molecule has 0 aliphatic heterocycles. The summed E-state index contributed by atoms with van der Waals surface area (Å²) in [6, 6.07) is 5.72. The molecule has 1 heterocycles. The number of pyridine rings is 1. The van der Waals surface area contributed by atoms with Crippen molar-refractivity contribution in [1.82, 2.24) is 10.3 Å². The number of nitrogens with one attached hydrogen (secondary N) is 1. The van der Waals surface area contributed by atoms with Crippen LogP contribution < -0.4 is 11.1 Å². The Labute approximate surface area is 95.0 Å². The predicted octanol–water partition coefficient (Wildman–Crippen LogP) is -0.284. The quantitative estimate of drug-likeness (QED) is 0.623. The van der Waals surface area contributed by atoms with Gasteiger partial charge in [0.05, 0.1) is 6.61 Å². The van der Waals surface area contributed by atoms with Crippen LogP contribution >= 0.6 is 0 Å². The van der Waals surface area contributed by atoms with Gasteiger partial charge in [0.2, 0.25) is 5.91 Å². The summed E-state index contributed by atoms with van der Waals surface area (Å²) in [4.78, 5) is 15.4. The van der Waals surface area contributed by atoms with Gasteiger partial charge in [0.25, 0.3) is 0 Å². The molecule has 0 spiro atoms. The van der Waals surface area contributed by atoms with Gasteiger partial charge in [-0.25, -0.2) is 0 Å². The Morgan fingerprint density at radius 3 is 3.06 bits per heavy atom.